The number of hydrogen-bond acceptors (Lipinski definition) is 6. The minimum atomic E-state index is -1.15. The van der Waals surface area contributed by atoms with Gasteiger partial charge in [0.25, 0.3) is 5.91 Å². The number of urea groups is 1. The molecule has 2 aromatic rings. The predicted molar refractivity (Wildman–Crippen MR) is 87.7 cm³/mol. The first-order valence-corrected chi connectivity index (χ1v) is 7.65. The molecule has 2 rings (SSSR count). The molecule has 0 radical (unpaired) electrons. The lowest BCUT2D eigenvalue weighted by atomic mass is 10.2. The summed E-state index contributed by atoms with van der Waals surface area (Å²) in [7, 11) is 0. The van der Waals surface area contributed by atoms with Crippen LogP contribution in [0.4, 0.5) is 4.79 Å². The highest BCUT2D eigenvalue weighted by atomic mass is 16.5. The third kappa shape index (κ3) is 4.90. The molecule has 0 aliphatic heterocycles. The number of ether oxygens (including phenoxy) is 1. The van der Waals surface area contributed by atoms with Gasteiger partial charge >= 0.3 is 12.0 Å². The number of amides is 3. The fraction of sp³-hybridized carbons (Fsp3) is 0.294. The molecule has 1 atom stereocenters. The maximum Gasteiger partial charge on any atom is 0.344 e. The molecule has 1 heterocycles. The molecule has 0 unspecified atom stereocenters. The van der Waals surface area contributed by atoms with E-state index in [0.717, 1.165) is 5.56 Å². The largest absolute Gasteiger partial charge is 0.449 e. The van der Waals surface area contributed by atoms with Gasteiger partial charge in [-0.1, -0.05) is 35.5 Å². The minimum absolute atomic E-state index is 0.174. The monoisotopic (exact) mass is 345 g/mol. The lowest BCUT2D eigenvalue weighted by molar-refractivity contribution is -0.127. The highest BCUT2D eigenvalue weighted by Gasteiger charge is 2.25. The van der Waals surface area contributed by atoms with Gasteiger partial charge in [-0.05, 0) is 26.3 Å². The Kier molecular flexibility index (Phi) is 5.89. The van der Waals surface area contributed by atoms with E-state index in [4.69, 9.17) is 9.26 Å². The number of imide groups is 1. The summed E-state index contributed by atoms with van der Waals surface area (Å²) < 4.78 is 9.93. The van der Waals surface area contributed by atoms with Crippen molar-refractivity contribution >= 4 is 17.9 Å². The van der Waals surface area contributed by atoms with Crippen LogP contribution in [0.1, 0.15) is 34.3 Å². The number of benzene rings is 1. The van der Waals surface area contributed by atoms with E-state index in [0.29, 0.717) is 11.5 Å². The van der Waals surface area contributed by atoms with Crippen LogP contribution in [0.3, 0.4) is 0 Å². The van der Waals surface area contributed by atoms with Gasteiger partial charge in [0.1, 0.15) is 11.3 Å². The molecule has 1 aromatic carbocycles. The number of aromatic nitrogens is 1. The van der Waals surface area contributed by atoms with E-state index in [1.807, 2.05) is 30.3 Å². The van der Waals surface area contributed by atoms with Crippen LogP contribution < -0.4 is 10.6 Å². The molecule has 132 valence electrons. The number of carbonyl (C=O) groups excluding carboxylic acids is 3. The highest BCUT2D eigenvalue weighted by Crippen LogP contribution is 2.14. The number of rotatable bonds is 5. The van der Waals surface area contributed by atoms with Crippen molar-refractivity contribution in [2.75, 3.05) is 0 Å². The Morgan fingerprint density at radius 1 is 1.20 bits per heavy atom. The second kappa shape index (κ2) is 8.09. The van der Waals surface area contributed by atoms with Crippen LogP contribution in [0, 0.1) is 13.8 Å². The lowest BCUT2D eigenvalue weighted by Crippen LogP contribution is -2.44. The summed E-state index contributed by atoms with van der Waals surface area (Å²) >= 11 is 0. The van der Waals surface area contributed by atoms with Crippen LogP contribution >= 0.6 is 0 Å². The third-order valence-electron chi connectivity index (χ3n) is 3.42. The van der Waals surface area contributed by atoms with Crippen LogP contribution in [-0.2, 0) is 16.1 Å². The van der Waals surface area contributed by atoms with Gasteiger partial charge in [-0.15, -0.1) is 0 Å². The van der Waals surface area contributed by atoms with Gasteiger partial charge in [-0.2, -0.15) is 0 Å². The van der Waals surface area contributed by atoms with Crippen LogP contribution in [-0.4, -0.2) is 29.2 Å². The standard InChI is InChI=1S/C17H19N3O5/c1-10-14(11(2)25-20-10)16(22)24-12(3)15(21)19-17(23)18-9-13-7-5-4-6-8-13/h4-8,12H,9H2,1-3H3,(H2,18,19,21,23)/t12-/m0/s1. The Morgan fingerprint density at radius 2 is 1.88 bits per heavy atom. The fourth-order valence-electron chi connectivity index (χ4n) is 2.08. The molecule has 0 aliphatic rings. The Bertz CT molecular complexity index is 750. The summed E-state index contributed by atoms with van der Waals surface area (Å²) in [5.41, 5.74) is 1.44. The highest BCUT2D eigenvalue weighted by molar-refractivity contribution is 5.98. The Labute approximate surface area is 144 Å². The van der Waals surface area contributed by atoms with Gasteiger partial charge in [0.05, 0.1) is 5.69 Å². The van der Waals surface area contributed by atoms with Crippen molar-refractivity contribution in [3.8, 4) is 0 Å². The molecule has 25 heavy (non-hydrogen) atoms. The number of aryl methyl sites for hydroxylation is 2. The van der Waals surface area contributed by atoms with Gasteiger partial charge in [-0.3, -0.25) is 10.1 Å². The van der Waals surface area contributed by atoms with Crippen LogP contribution in [0.25, 0.3) is 0 Å². The topological polar surface area (TPSA) is 111 Å². The van der Waals surface area contributed by atoms with Gasteiger partial charge in [0, 0.05) is 6.54 Å². The zero-order valence-electron chi connectivity index (χ0n) is 14.2. The Morgan fingerprint density at radius 3 is 2.48 bits per heavy atom. The average Bonchev–Trinajstić information content (AvgIpc) is 2.92. The third-order valence-corrected chi connectivity index (χ3v) is 3.42. The molecule has 8 nitrogen and oxygen atoms in total. The SMILES string of the molecule is Cc1noc(C)c1C(=O)O[C@@H](C)C(=O)NC(=O)NCc1ccccc1. The summed E-state index contributed by atoms with van der Waals surface area (Å²) in [5, 5.41) is 8.32. The van der Waals surface area contributed by atoms with E-state index in [9.17, 15) is 14.4 Å². The predicted octanol–water partition coefficient (Wildman–Crippen LogP) is 1.86. The molecule has 0 aliphatic carbocycles. The van der Waals surface area contributed by atoms with E-state index in [1.165, 1.54) is 6.92 Å². The normalized spacial score (nSPS) is 11.5. The average molecular weight is 345 g/mol. The fourth-order valence-corrected chi connectivity index (χ4v) is 2.08. The Hall–Kier alpha value is -3.16. The first kappa shape index (κ1) is 18.2. The van der Waals surface area contributed by atoms with Crippen molar-refractivity contribution in [1.82, 2.24) is 15.8 Å². The second-order valence-electron chi connectivity index (χ2n) is 5.40. The molecule has 0 fully saturated rings. The molecule has 8 heteroatoms. The summed E-state index contributed by atoms with van der Waals surface area (Å²) in [6.45, 7) is 4.80. The van der Waals surface area contributed by atoms with Crippen LogP contribution in [0.2, 0.25) is 0 Å². The van der Waals surface area contributed by atoms with Gasteiger partial charge in [-0.25, -0.2) is 9.59 Å². The van der Waals surface area contributed by atoms with Crippen LogP contribution in [0.15, 0.2) is 34.9 Å². The maximum absolute atomic E-state index is 12.1. The van der Waals surface area contributed by atoms with Crippen LogP contribution in [0.5, 0.6) is 0 Å². The van der Waals surface area contributed by atoms with Crippen molar-refractivity contribution < 1.29 is 23.6 Å². The summed E-state index contributed by atoms with van der Waals surface area (Å²) in [6.07, 6.45) is -1.15. The summed E-state index contributed by atoms with van der Waals surface area (Å²) in [5.74, 6) is -1.16. The number of carbonyl (C=O) groups is 3. The van der Waals surface area contributed by atoms with E-state index in [2.05, 4.69) is 15.8 Å². The van der Waals surface area contributed by atoms with Gasteiger partial charge in [0.2, 0.25) is 0 Å². The second-order valence-corrected chi connectivity index (χ2v) is 5.40. The molecule has 0 spiro atoms. The molecule has 0 bridgehead atoms. The molecule has 0 saturated heterocycles. The quantitative estimate of drug-likeness (QED) is 0.800. The van der Waals surface area contributed by atoms with Crippen molar-refractivity contribution in [1.29, 1.82) is 0 Å². The molecule has 2 N–H and O–H groups in total. The number of nitrogens with zero attached hydrogens (tertiary/aromatic N) is 1. The first-order valence-electron chi connectivity index (χ1n) is 7.65. The molecule has 1 aromatic heterocycles. The van der Waals surface area contributed by atoms with Crippen molar-refractivity contribution in [2.24, 2.45) is 0 Å². The van der Waals surface area contributed by atoms with Gasteiger partial charge in [0.15, 0.2) is 6.10 Å². The van der Waals surface area contributed by atoms with Gasteiger partial charge < -0.3 is 14.6 Å². The number of nitrogens with one attached hydrogen (secondary N) is 2. The minimum Gasteiger partial charge on any atom is -0.449 e. The van der Waals surface area contributed by atoms with Crippen molar-refractivity contribution in [3.63, 3.8) is 0 Å². The van der Waals surface area contributed by atoms with E-state index in [-0.39, 0.29) is 12.1 Å². The number of esters is 1. The molecule has 3 amide bonds. The van der Waals surface area contributed by atoms with E-state index in [1.54, 1.807) is 13.8 Å². The lowest BCUT2D eigenvalue weighted by Gasteiger charge is -2.13. The zero-order valence-corrected chi connectivity index (χ0v) is 14.2. The van der Waals surface area contributed by atoms with E-state index >= 15 is 0 Å². The van der Waals surface area contributed by atoms with E-state index < -0.39 is 24.0 Å². The Balaban J connectivity index is 1.83. The summed E-state index contributed by atoms with van der Waals surface area (Å²) in [6, 6.07) is 8.56. The maximum atomic E-state index is 12.1. The smallest absolute Gasteiger partial charge is 0.344 e. The molecule has 0 saturated carbocycles. The van der Waals surface area contributed by atoms with Crippen molar-refractivity contribution in [3.05, 3.63) is 52.9 Å². The molecular weight excluding hydrogens is 326 g/mol. The molecular formula is C17H19N3O5. The summed E-state index contributed by atoms with van der Waals surface area (Å²) in [4.78, 5) is 35.8. The first-order chi connectivity index (χ1) is 11.9. The van der Waals surface area contributed by atoms with Crippen molar-refractivity contribution in [2.45, 2.75) is 33.4 Å². The zero-order chi connectivity index (χ0) is 18.4. The number of hydrogen-bond donors (Lipinski definition) is 2.